The van der Waals surface area contributed by atoms with E-state index in [1.54, 1.807) is 6.20 Å². The number of fused-ring (bicyclic) bond motifs is 1. The van der Waals surface area contributed by atoms with Gasteiger partial charge in [0.1, 0.15) is 0 Å². The number of benzene rings is 2. The molecule has 0 radical (unpaired) electrons. The molecule has 2 aromatic heterocycles. The summed E-state index contributed by atoms with van der Waals surface area (Å²) in [6.45, 7) is 1.93. The van der Waals surface area contributed by atoms with Gasteiger partial charge in [0.2, 0.25) is 0 Å². The second-order valence-electron chi connectivity index (χ2n) is 6.39. The monoisotopic (exact) mass is 353 g/mol. The van der Waals surface area contributed by atoms with E-state index in [0.29, 0.717) is 5.56 Å². The van der Waals surface area contributed by atoms with E-state index >= 15 is 0 Å². The van der Waals surface area contributed by atoms with Crippen LogP contribution in [0.5, 0.6) is 0 Å². The lowest BCUT2D eigenvalue weighted by Gasteiger charge is -2.15. The van der Waals surface area contributed by atoms with Crippen LogP contribution >= 0.6 is 0 Å². The number of para-hydroxylation sites is 1. The summed E-state index contributed by atoms with van der Waals surface area (Å²) in [7, 11) is 0. The van der Waals surface area contributed by atoms with E-state index in [0.717, 1.165) is 27.9 Å². The van der Waals surface area contributed by atoms with Gasteiger partial charge >= 0.3 is 0 Å². The van der Waals surface area contributed by atoms with Gasteiger partial charge in [0.25, 0.3) is 5.91 Å². The van der Waals surface area contributed by atoms with Crippen LogP contribution in [0.4, 0.5) is 0 Å². The molecule has 1 atom stereocenters. The summed E-state index contributed by atoms with van der Waals surface area (Å²) < 4.78 is 0. The molecule has 0 fully saturated rings. The standard InChI is InChI=1S/C23H19N3O/c1-16(20-12-7-8-14-24-20)25-23(27)19-15-22(17-9-3-2-4-10-17)26-21-13-6-5-11-18(19)21/h2-16H,1H3,(H,25,27)/t16-/m1/s1. The molecule has 0 saturated heterocycles. The Bertz CT molecular complexity index is 1080. The van der Waals surface area contributed by atoms with E-state index in [4.69, 9.17) is 4.98 Å². The molecule has 0 aliphatic carbocycles. The molecule has 0 aliphatic heterocycles. The van der Waals surface area contributed by atoms with Gasteiger partial charge in [-0.25, -0.2) is 4.98 Å². The SMILES string of the molecule is C[C@@H](NC(=O)c1cc(-c2ccccc2)nc2ccccc12)c1ccccn1. The highest BCUT2D eigenvalue weighted by atomic mass is 16.1. The van der Waals surface area contributed by atoms with Crippen molar-refractivity contribution in [3.63, 3.8) is 0 Å². The fraction of sp³-hybridized carbons (Fsp3) is 0.0870. The average Bonchev–Trinajstić information content (AvgIpc) is 2.74. The highest BCUT2D eigenvalue weighted by Crippen LogP contribution is 2.25. The van der Waals surface area contributed by atoms with Crippen molar-refractivity contribution in [2.75, 3.05) is 0 Å². The van der Waals surface area contributed by atoms with Crippen LogP contribution in [-0.4, -0.2) is 15.9 Å². The third-order valence-electron chi connectivity index (χ3n) is 4.51. The van der Waals surface area contributed by atoms with Crippen LogP contribution in [-0.2, 0) is 0 Å². The number of pyridine rings is 2. The molecule has 27 heavy (non-hydrogen) atoms. The highest BCUT2D eigenvalue weighted by Gasteiger charge is 2.17. The molecule has 1 N–H and O–H groups in total. The third kappa shape index (κ3) is 3.55. The van der Waals surface area contributed by atoms with Gasteiger partial charge in [-0.05, 0) is 31.2 Å². The van der Waals surface area contributed by atoms with Crippen LogP contribution in [0.15, 0.2) is 85.1 Å². The number of rotatable bonds is 4. The van der Waals surface area contributed by atoms with Gasteiger partial charge in [-0.15, -0.1) is 0 Å². The van der Waals surface area contributed by atoms with Crippen LogP contribution in [0.25, 0.3) is 22.2 Å². The van der Waals surface area contributed by atoms with Crippen LogP contribution in [0.1, 0.15) is 29.0 Å². The molecule has 1 amide bonds. The van der Waals surface area contributed by atoms with Crippen LogP contribution < -0.4 is 5.32 Å². The van der Waals surface area contributed by atoms with Crippen molar-refractivity contribution in [2.24, 2.45) is 0 Å². The first-order valence-electron chi connectivity index (χ1n) is 8.89. The average molecular weight is 353 g/mol. The summed E-state index contributed by atoms with van der Waals surface area (Å²) in [6, 6.07) is 25.0. The van der Waals surface area contributed by atoms with Crippen molar-refractivity contribution in [3.05, 3.63) is 96.3 Å². The first kappa shape index (κ1) is 16.9. The zero-order valence-electron chi connectivity index (χ0n) is 15.0. The summed E-state index contributed by atoms with van der Waals surface area (Å²) >= 11 is 0. The summed E-state index contributed by atoms with van der Waals surface area (Å²) in [5.74, 6) is -0.135. The van der Waals surface area contributed by atoms with E-state index in [9.17, 15) is 4.79 Å². The molecule has 4 rings (SSSR count). The molecule has 4 nitrogen and oxygen atoms in total. The maximum Gasteiger partial charge on any atom is 0.252 e. The van der Waals surface area contributed by atoms with E-state index in [-0.39, 0.29) is 11.9 Å². The Balaban J connectivity index is 1.74. The Labute approximate surface area is 157 Å². The zero-order valence-corrected chi connectivity index (χ0v) is 15.0. The molecular weight excluding hydrogens is 334 g/mol. The van der Waals surface area contributed by atoms with E-state index in [1.807, 2.05) is 85.8 Å². The number of nitrogens with zero attached hydrogens (tertiary/aromatic N) is 2. The van der Waals surface area contributed by atoms with Gasteiger partial charge in [-0.2, -0.15) is 0 Å². The van der Waals surface area contributed by atoms with Crippen molar-refractivity contribution in [2.45, 2.75) is 13.0 Å². The quantitative estimate of drug-likeness (QED) is 0.574. The van der Waals surface area contributed by atoms with E-state index in [2.05, 4.69) is 10.3 Å². The van der Waals surface area contributed by atoms with Gasteiger partial charge in [0.05, 0.1) is 28.5 Å². The summed E-state index contributed by atoms with van der Waals surface area (Å²) in [6.07, 6.45) is 1.73. The second kappa shape index (κ2) is 7.38. The molecule has 0 saturated carbocycles. The number of amides is 1. The van der Waals surface area contributed by atoms with Crippen LogP contribution in [0, 0.1) is 0 Å². The lowest BCUT2D eigenvalue weighted by molar-refractivity contribution is 0.0941. The van der Waals surface area contributed by atoms with Crippen LogP contribution in [0.2, 0.25) is 0 Å². The smallest absolute Gasteiger partial charge is 0.252 e. The topological polar surface area (TPSA) is 54.9 Å². The molecule has 2 heterocycles. The Morgan fingerprint density at radius 1 is 0.926 bits per heavy atom. The molecule has 0 spiro atoms. The molecular formula is C23H19N3O. The summed E-state index contributed by atoms with van der Waals surface area (Å²) in [5.41, 5.74) is 4.00. The predicted molar refractivity (Wildman–Crippen MR) is 107 cm³/mol. The number of aromatic nitrogens is 2. The minimum atomic E-state index is -0.189. The number of carbonyl (C=O) groups excluding carboxylic acids is 1. The maximum absolute atomic E-state index is 13.1. The molecule has 2 aromatic carbocycles. The summed E-state index contributed by atoms with van der Waals surface area (Å²) in [4.78, 5) is 22.1. The first-order chi connectivity index (χ1) is 13.2. The van der Waals surface area contributed by atoms with Gasteiger partial charge in [0, 0.05) is 17.1 Å². The second-order valence-corrected chi connectivity index (χ2v) is 6.39. The lowest BCUT2D eigenvalue weighted by Crippen LogP contribution is -2.27. The van der Waals surface area contributed by atoms with E-state index < -0.39 is 0 Å². The maximum atomic E-state index is 13.1. The molecule has 4 aromatic rings. The van der Waals surface area contributed by atoms with Gasteiger partial charge in [-0.3, -0.25) is 9.78 Å². The first-order valence-corrected chi connectivity index (χ1v) is 8.89. The van der Waals surface area contributed by atoms with Crippen molar-refractivity contribution < 1.29 is 4.79 Å². The minimum Gasteiger partial charge on any atom is -0.344 e. The molecule has 4 heteroatoms. The van der Waals surface area contributed by atoms with Gasteiger partial charge in [-0.1, -0.05) is 54.6 Å². The van der Waals surface area contributed by atoms with Gasteiger partial charge in [0.15, 0.2) is 0 Å². The normalized spacial score (nSPS) is 11.9. The Morgan fingerprint density at radius 3 is 2.44 bits per heavy atom. The van der Waals surface area contributed by atoms with Crippen molar-refractivity contribution >= 4 is 16.8 Å². The van der Waals surface area contributed by atoms with Gasteiger partial charge < -0.3 is 5.32 Å². The number of nitrogens with one attached hydrogen (secondary N) is 1. The summed E-state index contributed by atoms with van der Waals surface area (Å²) in [5, 5.41) is 3.89. The Hall–Kier alpha value is -3.53. The third-order valence-corrected chi connectivity index (χ3v) is 4.51. The highest BCUT2D eigenvalue weighted by molar-refractivity contribution is 6.07. The molecule has 0 unspecified atom stereocenters. The lowest BCUT2D eigenvalue weighted by atomic mass is 10.0. The Kier molecular flexibility index (Phi) is 4.62. The van der Waals surface area contributed by atoms with Crippen molar-refractivity contribution in [1.82, 2.24) is 15.3 Å². The largest absolute Gasteiger partial charge is 0.344 e. The Morgan fingerprint density at radius 2 is 1.67 bits per heavy atom. The van der Waals surface area contributed by atoms with E-state index in [1.165, 1.54) is 0 Å². The van der Waals surface area contributed by atoms with Crippen molar-refractivity contribution in [1.29, 1.82) is 0 Å². The zero-order chi connectivity index (χ0) is 18.6. The number of hydrogen-bond acceptors (Lipinski definition) is 3. The van der Waals surface area contributed by atoms with Crippen LogP contribution in [0.3, 0.4) is 0 Å². The minimum absolute atomic E-state index is 0.135. The fourth-order valence-corrected chi connectivity index (χ4v) is 3.10. The molecule has 0 bridgehead atoms. The van der Waals surface area contributed by atoms with Crippen molar-refractivity contribution in [3.8, 4) is 11.3 Å². The fourth-order valence-electron chi connectivity index (χ4n) is 3.10. The predicted octanol–water partition coefficient (Wildman–Crippen LogP) is 4.79. The number of carbonyl (C=O) groups is 1. The molecule has 132 valence electrons. The number of hydrogen-bond donors (Lipinski definition) is 1. The molecule has 0 aliphatic rings.